The van der Waals surface area contributed by atoms with Gasteiger partial charge in [0.05, 0.1) is 0 Å². The van der Waals surface area contributed by atoms with E-state index in [1.807, 2.05) is 43.3 Å². The fraction of sp³-hybridized carbons (Fsp3) is 0.0588. The number of benzene rings is 2. The second kappa shape index (κ2) is 6.60. The number of aliphatic carboxylic acids is 1. The van der Waals surface area contributed by atoms with Crippen molar-refractivity contribution in [3.05, 3.63) is 63.0 Å². The molecule has 0 radical (unpaired) electrons. The Balaban J connectivity index is 1.93. The first-order valence-electron chi connectivity index (χ1n) is 6.77. The van der Waals surface area contributed by atoms with Gasteiger partial charge in [0.25, 0.3) is 5.22 Å². The van der Waals surface area contributed by atoms with E-state index in [0.29, 0.717) is 16.3 Å². The van der Waals surface area contributed by atoms with Crippen LogP contribution in [0.4, 0.5) is 0 Å². The Kier molecular flexibility index (Phi) is 4.54. The van der Waals surface area contributed by atoms with Gasteiger partial charge in [-0.15, -0.1) is 0 Å². The minimum Gasteiger partial charge on any atom is -0.477 e. The summed E-state index contributed by atoms with van der Waals surface area (Å²) in [7, 11) is 0. The first-order valence-corrected chi connectivity index (χ1v) is 8.38. The number of rotatable bonds is 4. The Hall–Kier alpha value is -2.05. The lowest BCUT2D eigenvalue weighted by molar-refractivity contribution is -0.131. The molecule has 0 spiro atoms. The van der Waals surface area contributed by atoms with Gasteiger partial charge in [0.2, 0.25) is 0 Å². The average molecular weight is 390 g/mol. The lowest BCUT2D eigenvalue weighted by Gasteiger charge is -2.02. The van der Waals surface area contributed by atoms with Gasteiger partial charge in [0.1, 0.15) is 10.4 Å². The number of aromatic nitrogens is 1. The van der Waals surface area contributed by atoms with Crippen LogP contribution in [0.3, 0.4) is 0 Å². The van der Waals surface area contributed by atoms with Crippen molar-refractivity contribution in [2.24, 2.45) is 0 Å². The Bertz CT molecular complexity index is 884. The van der Waals surface area contributed by atoms with Crippen molar-refractivity contribution in [1.29, 1.82) is 0 Å². The predicted octanol–water partition coefficient (Wildman–Crippen LogP) is 5.12. The van der Waals surface area contributed by atoms with Gasteiger partial charge in [-0.3, -0.25) is 0 Å². The summed E-state index contributed by atoms with van der Waals surface area (Å²) < 4.78 is 6.50. The molecule has 0 aliphatic heterocycles. The standard InChI is InChI=1S/C17H12BrNO3S/c1-10-6-7-11(8-12(10)18)9-15(16(20)21)23-17-19-13-4-2-3-5-14(13)22-17/h2-9H,1H3,(H,20,21)/b15-9-. The molecule has 0 saturated heterocycles. The molecule has 0 unspecified atom stereocenters. The lowest BCUT2D eigenvalue weighted by Crippen LogP contribution is -1.96. The third kappa shape index (κ3) is 3.65. The fourth-order valence-electron chi connectivity index (χ4n) is 1.97. The van der Waals surface area contributed by atoms with Crippen molar-refractivity contribution in [3.63, 3.8) is 0 Å². The summed E-state index contributed by atoms with van der Waals surface area (Å²) in [6.07, 6.45) is 1.60. The number of nitrogens with zero attached hydrogens (tertiary/aromatic N) is 1. The molecule has 3 aromatic rings. The van der Waals surface area contributed by atoms with Crippen molar-refractivity contribution in [3.8, 4) is 0 Å². The Morgan fingerprint density at radius 1 is 1.30 bits per heavy atom. The Morgan fingerprint density at radius 2 is 2.09 bits per heavy atom. The van der Waals surface area contributed by atoms with E-state index in [2.05, 4.69) is 20.9 Å². The molecule has 2 aromatic carbocycles. The lowest BCUT2D eigenvalue weighted by atomic mass is 10.1. The molecule has 0 aliphatic carbocycles. The zero-order valence-corrected chi connectivity index (χ0v) is 14.5. The quantitative estimate of drug-likeness (QED) is 0.495. The van der Waals surface area contributed by atoms with Crippen LogP contribution in [0.25, 0.3) is 17.2 Å². The largest absolute Gasteiger partial charge is 0.477 e. The predicted molar refractivity (Wildman–Crippen MR) is 94.4 cm³/mol. The highest BCUT2D eigenvalue weighted by Gasteiger charge is 2.15. The first kappa shape index (κ1) is 15.8. The zero-order valence-electron chi connectivity index (χ0n) is 12.1. The second-order valence-corrected chi connectivity index (χ2v) is 6.72. The molecule has 6 heteroatoms. The number of aryl methyl sites for hydroxylation is 1. The van der Waals surface area contributed by atoms with Crippen LogP contribution >= 0.6 is 27.7 Å². The number of carbonyl (C=O) groups is 1. The third-order valence-corrected chi connectivity index (χ3v) is 4.89. The van der Waals surface area contributed by atoms with Crippen LogP contribution in [0.15, 0.2) is 61.5 Å². The normalized spacial score (nSPS) is 11.8. The summed E-state index contributed by atoms with van der Waals surface area (Å²) in [6.45, 7) is 1.97. The zero-order chi connectivity index (χ0) is 16.4. The maximum atomic E-state index is 11.5. The maximum Gasteiger partial charge on any atom is 0.342 e. The molecule has 0 aliphatic rings. The smallest absolute Gasteiger partial charge is 0.342 e. The number of carboxylic acid groups (broad SMARTS) is 1. The molecule has 0 amide bonds. The van der Waals surface area contributed by atoms with Gasteiger partial charge >= 0.3 is 5.97 Å². The number of para-hydroxylation sites is 2. The molecule has 0 fully saturated rings. The SMILES string of the molecule is Cc1ccc(/C=C(\Sc2nc3ccccc3o2)C(=O)O)cc1Br. The highest BCUT2D eigenvalue weighted by Crippen LogP contribution is 2.31. The first-order chi connectivity index (χ1) is 11.0. The maximum absolute atomic E-state index is 11.5. The number of oxazole rings is 1. The van der Waals surface area contributed by atoms with E-state index in [1.165, 1.54) is 0 Å². The van der Waals surface area contributed by atoms with Crippen LogP contribution in [0.2, 0.25) is 0 Å². The number of halogens is 1. The van der Waals surface area contributed by atoms with Gasteiger partial charge in [-0.05, 0) is 54.1 Å². The molecular weight excluding hydrogens is 378 g/mol. The Morgan fingerprint density at radius 3 is 2.78 bits per heavy atom. The van der Waals surface area contributed by atoms with E-state index in [-0.39, 0.29) is 4.91 Å². The van der Waals surface area contributed by atoms with Crippen LogP contribution in [-0.2, 0) is 4.79 Å². The molecule has 3 rings (SSSR count). The van der Waals surface area contributed by atoms with E-state index < -0.39 is 5.97 Å². The summed E-state index contributed by atoms with van der Waals surface area (Å²) in [6, 6.07) is 13.0. The van der Waals surface area contributed by atoms with Crippen LogP contribution in [0.1, 0.15) is 11.1 Å². The summed E-state index contributed by atoms with van der Waals surface area (Å²) in [5.41, 5.74) is 3.23. The molecule has 0 atom stereocenters. The van der Waals surface area contributed by atoms with Crippen molar-refractivity contribution in [1.82, 2.24) is 4.98 Å². The Labute approximate surface area is 145 Å². The fourth-order valence-corrected chi connectivity index (χ4v) is 3.12. The molecule has 1 aromatic heterocycles. The molecule has 116 valence electrons. The topological polar surface area (TPSA) is 63.3 Å². The monoisotopic (exact) mass is 389 g/mol. The summed E-state index contributed by atoms with van der Waals surface area (Å²) >= 11 is 4.44. The number of hydrogen-bond donors (Lipinski definition) is 1. The number of fused-ring (bicyclic) bond motifs is 1. The highest BCUT2D eigenvalue weighted by molar-refractivity contribution is 9.10. The molecule has 0 saturated carbocycles. The molecule has 23 heavy (non-hydrogen) atoms. The van der Waals surface area contributed by atoms with Crippen molar-refractivity contribution >= 4 is 50.8 Å². The van der Waals surface area contributed by atoms with E-state index in [1.54, 1.807) is 12.1 Å². The van der Waals surface area contributed by atoms with Gasteiger partial charge in [0.15, 0.2) is 5.58 Å². The van der Waals surface area contributed by atoms with Crippen LogP contribution < -0.4 is 0 Å². The molecule has 0 bridgehead atoms. The van der Waals surface area contributed by atoms with Crippen LogP contribution in [-0.4, -0.2) is 16.1 Å². The summed E-state index contributed by atoms with van der Waals surface area (Å²) in [5.74, 6) is -1.02. The molecular formula is C17H12BrNO3S. The van der Waals surface area contributed by atoms with Gasteiger partial charge in [-0.2, -0.15) is 0 Å². The van der Waals surface area contributed by atoms with Gasteiger partial charge in [-0.1, -0.05) is 40.2 Å². The summed E-state index contributed by atoms with van der Waals surface area (Å²) in [5, 5.41) is 9.74. The minimum atomic E-state index is -1.02. The van der Waals surface area contributed by atoms with Crippen molar-refractivity contribution in [2.45, 2.75) is 12.1 Å². The van der Waals surface area contributed by atoms with E-state index in [9.17, 15) is 9.90 Å². The van der Waals surface area contributed by atoms with E-state index in [0.717, 1.165) is 27.4 Å². The number of carboxylic acids is 1. The van der Waals surface area contributed by atoms with Gasteiger partial charge < -0.3 is 9.52 Å². The van der Waals surface area contributed by atoms with Gasteiger partial charge in [-0.25, -0.2) is 9.78 Å². The van der Waals surface area contributed by atoms with E-state index >= 15 is 0 Å². The number of hydrogen-bond acceptors (Lipinski definition) is 4. The number of thioether (sulfide) groups is 1. The second-order valence-electron chi connectivity index (χ2n) is 4.87. The van der Waals surface area contributed by atoms with E-state index in [4.69, 9.17) is 4.42 Å². The molecule has 1 N–H and O–H groups in total. The van der Waals surface area contributed by atoms with Crippen LogP contribution in [0.5, 0.6) is 0 Å². The third-order valence-electron chi connectivity index (χ3n) is 3.18. The summed E-state index contributed by atoms with van der Waals surface area (Å²) in [4.78, 5) is 15.9. The van der Waals surface area contributed by atoms with Crippen molar-refractivity contribution in [2.75, 3.05) is 0 Å². The molecule has 1 heterocycles. The van der Waals surface area contributed by atoms with Crippen molar-refractivity contribution < 1.29 is 14.3 Å². The average Bonchev–Trinajstić information content (AvgIpc) is 2.92. The highest BCUT2D eigenvalue weighted by atomic mass is 79.9. The van der Waals surface area contributed by atoms with Crippen LogP contribution in [0, 0.1) is 6.92 Å². The minimum absolute atomic E-state index is 0.146. The van der Waals surface area contributed by atoms with Gasteiger partial charge in [0, 0.05) is 4.47 Å². The molecule has 4 nitrogen and oxygen atoms in total.